The molecular weight excluding hydrogens is 236 g/mol. The molecule has 0 aliphatic carbocycles. The number of nitrogens with zero attached hydrogens (tertiary/aromatic N) is 1. The van der Waals surface area contributed by atoms with Gasteiger partial charge in [-0.3, -0.25) is 20.8 Å². The lowest BCUT2D eigenvalue weighted by atomic mass is 10.2. The molecule has 0 atom stereocenters. The number of rotatable bonds is 3. The Kier molecular flexibility index (Phi) is 3.64. The lowest BCUT2D eigenvalue weighted by Gasteiger charge is -2.08. The molecule has 0 aliphatic heterocycles. The second-order valence-electron chi connectivity index (χ2n) is 2.93. The number of hydrogen-bond acceptors (Lipinski definition) is 5. The van der Waals surface area contributed by atoms with Gasteiger partial charge in [-0.15, -0.1) is 0 Å². The molecule has 16 heavy (non-hydrogen) atoms. The van der Waals surface area contributed by atoms with Crippen molar-refractivity contribution in [3.63, 3.8) is 0 Å². The molecule has 0 unspecified atom stereocenters. The zero-order valence-corrected chi connectivity index (χ0v) is 9.04. The van der Waals surface area contributed by atoms with E-state index in [4.69, 9.17) is 17.4 Å². The number of nitrogen functional groups attached to an aromatic ring is 1. The highest BCUT2D eigenvalue weighted by atomic mass is 35.5. The van der Waals surface area contributed by atoms with Gasteiger partial charge in [0.2, 0.25) is 5.91 Å². The zero-order chi connectivity index (χ0) is 12.3. The third-order valence-corrected chi connectivity index (χ3v) is 2.06. The van der Waals surface area contributed by atoms with Crippen molar-refractivity contribution in [3.05, 3.63) is 27.3 Å². The average Bonchev–Trinajstić information content (AvgIpc) is 2.19. The summed E-state index contributed by atoms with van der Waals surface area (Å²) in [4.78, 5) is 20.8. The number of anilines is 2. The zero-order valence-electron chi connectivity index (χ0n) is 8.28. The van der Waals surface area contributed by atoms with Gasteiger partial charge in [0.1, 0.15) is 5.69 Å². The molecule has 0 fully saturated rings. The minimum Gasteiger partial charge on any atom is -0.325 e. The lowest BCUT2D eigenvalue weighted by Crippen LogP contribution is -2.11. The molecule has 1 amide bonds. The minimum absolute atomic E-state index is 0.0677. The number of benzene rings is 1. The molecule has 0 spiro atoms. The Hall–Kier alpha value is -1.86. The van der Waals surface area contributed by atoms with Crippen molar-refractivity contribution < 1.29 is 9.72 Å². The van der Waals surface area contributed by atoms with Crippen LogP contribution in [0.4, 0.5) is 17.1 Å². The molecule has 0 bridgehead atoms. The molecule has 0 aliphatic rings. The molecule has 7 nitrogen and oxygen atoms in total. The number of carbonyl (C=O) groups is 1. The number of halogens is 1. The maximum Gasteiger partial charge on any atom is 0.295 e. The van der Waals surface area contributed by atoms with Crippen LogP contribution in [0.2, 0.25) is 5.02 Å². The second kappa shape index (κ2) is 4.77. The van der Waals surface area contributed by atoms with E-state index in [1.54, 1.807) is 0 Å². The predicted molar refractivity (Wildman–Crippen MR) is 60.2 cm³/mol. The first kappa shape index (κ1) is 12.2. The van der Waals surface area contributed by atoms with Gasteiger partial charge in [0.15, 0.2) is 0 Å². The van der Waals surface area contributed by atoms with E-state index in [0.717, 1.165) is 6.07 Å². The van der Waals surface area contributed by atoms with Crippen molar-refractivity contribution in [2.45, 2.75) is 6.92 Å². The van der Waals surface area contributed by atoms with Crippen LogP contribution in [0.15, 0.2) is 12.1 Å². The Bertz CT molecular complexity index is 449. The first-order valence-electron chi connectivity index (χ1n) is 4.18. The predicted octanol–water partition coefficient (Wildman–Crippen LogP) is 1.49. The molecule has 0 heterocycles. The fourth-order valence-electron chi connectivity index (χ4n) is 1.11. The van der Waals surface area contributed by atoms with Gasteiger partial charge in [-0.2, -0.15) is 0 Å². The number of nitro groups is 1. The van der Waals surface area contributed by atoms with E-state index in [0.29, 0.717) is 0 Å². The largest absolute Gasteiger partial charge is 0.325 e. The molecule has 0 radical (unpaired) electrons. The SMILES string of the molecule is CC(=O)Nc1cc(NN)c([N+](=O)[O-])cc1Cl. The highest BCUT2D eigenvalue weighted by molar-refractivity contribution is 6.34. The monoisotopic (exact) mass is 244 g/mol. The Labute approximate surface area is 95.7 Å². The molecule has 1 rings (SSSR count). The molecule has 8 heteroatoms. The molecule has 86 valence electrons. The second-order valence-corrected chi connectivity index (χ2v) is 3.34. The van der Waals surface area contributed by atoms with E-state index in [9.17, 15) is 14.9 Å². The van der Waals surface area contributed by atoms with Gasteiger partial charge < -0.3 is 10.7 Å². The Balaban J connectivity index is 3.25. The summed E-state index contributed by atoms with van der Waals surface area (Å²) in [7, 11) is 0. The summed E-state index contributed by atoms with van der Waals surface area (Å²) in [5.41, 5.74) is 2.23. The normalized spacial score (nSPS) is 9.69. The highest BCUT2D eigenvalue weighted by Crippen LogP contribution is 2.33. The summed E-state index contributed by atoms with van der Waals surface area (Å²) in [6, 6.07) is 2.41. The van der Waals surface area contributed by atoms with Crippen molar-refractivity contribution in [1.82, 2.24) is 0 Å². The van der Waals surface area contributed by atoms with Gasteiger partial charge in [0, 0.05) is 13.0 Å². The van der Waals surface area contributed by atoms with Crippen molar-refractivity contribution in [2.24, 2.45) is 5.84 Å². The van der Waals surface area contributed by atoms with Crippen LogP contribution in [0.3, 0.4) is 0 Å². The molecular formula is C8H9ClN4O3. The fourth-order valence-corrected chi connectivity index (χ4v) is 1.32. The van der Waals surface area contributed by atoms with Crippen LogP contribution in [0.5, 0.6) is 0 Å². The Morgan fingerprint density at radius 1 is 1.50 bits per heavy atom. The summed E-state index contributed by atoms with van der Waals surface area (Å²) in [6.07, 6.45) is 0. The van der Waals surface area contributed by atoms with E-state index in [1.165, 1.54) is 13.0 Å². The maximum absolute atomic E-state index is 10.8. The third-order valence-electron chi connectivity index (χ3n) is 1.75. The van der Waals surface area contributed by atoms with E-state index in [2.05, 4.69) is 10.7 Å². The summed E-state index contributed by atoms with van der Waals surface area (Å²) >= 11 is 5.76. The number of carbonyl (C=O) groups excluding carboxylic acids is 1. The average molecular weight is 245 g/mol. The fraction of sp³-hybridized carbons (Fsp3) is 0.125. The topological polar surface area (TPSA) is 110 Å². The summed E-state index contributed by atoms with van der Waals surface area (Å²) in [6.45, 7) is 1.30. The summed E-state index contributed by atoms with van der Waals surface area (Å²) in [5.74, 6) is 4.79. The van der Waals surface area contributed by atoms with E-state index < -0.39 is 4.92 Å². The van der Waals surface area contributed by atoms with Crippen molar-refractivity contribution >= 4 is 34.6 Å². The highest BCUT2D eigenvalue weighted by Gasteiger charge is 2.17. The van der Waals surface area contributed by atoms with Crippen molar-refractivity contribution in [3.8, 4) is 0 Å². The maximum atomic E-state index is 10.8. The number of hydrazine groups is 1. The molecule has 0 saturated heterocycles. The van der Waals surface area contributed by atoms with Crippen molar-refractivity contribution in [2.75, 3.05) is 10.7 Å². The molecule has 4 N–H and O–H groups in total. The van der Waals surface area contributed by atoms with Crippen LogP contribution in [-0.2, 0) is 4.79 Å². The van der Waals surface area contributed by atoms with E-state index >= 15 is 0 Å². The van der Waals surface area contributed by atoms with Gasteiger partial charge in [-0.05, 0) is 6.07 Å². The lowest BCUT2D eigenvalue weighted by molar-refractivity contribution is -0.383. The Morgan fingerprint density at radius 3 is 2.56 bits per heavy atom. The summed E-state index contributed by atoms with van der Waals surface area (Å²) < 4.78 is 0. The van der Waals surface area contributed by atoms with Gasteiger partial charge in [-0.1, -0.05) is 11.6 Å². The van der Waals surface area contributed by atoms with Gasteiger partial charge >= 0.3 is 0 Å². The number of nitrogens with one attached hydrogen (secondary N) is 2. The Morgan fingerprint density at radius 2 is 2.12 bits per heavy atom. The van der Waals surface area contributed by atoms with E-state index in [1.807, 2.05) is 0 Å². The third kappa shape index (κ3) is 2.59. The van der Waals surface area contributed by atoms with Crippen LogP contribution in [0.1, 0.15) is 6.92 Å². The number of nitro benzene ring substituents is 1. The standard InChI is InChI=1S/C8H9ClN4O3/c1-4(14)11-6-3-7(12-10)8(13(15)16)2-5(6)9/h2-3,12H,10H2,1H3,(H,11,14). The van der Waals surface area contributed by atoms with Crippen LogP contribution in [-0.4, -0.2) is 10.8 Å². The number of nitrogens with two attached hydrogens (primary N) is 1. The minimum atomic E-state index is -0.626. The van der Waals surface area contributed by atoms with Gasteiger partial charge in [-0.25, -0.2) is 0 Å². The molecule has 0 saturated carbocycles. The quantitative estimate of drug-likeness (QED) is 0.424. The molecule has 0 aromatic heterocycles. The van der Waals surface area contributed by atoms with Crippen LogP contribution in [0.25, 0.3) is 0 Å². The van der Waals surface area contributed by atoms with Crippen LogP contribution in [0, 0.1) is 10.1 Å². The first-order valence-corrected chi connectivity index (χ1v) is 4.55. The molecule has 1 aromatic rings. The first-order chi connectivity index (χ1) is 7.45. The number of hydrogen-bond donors (Lipinski definition) is 3. The smallest absolute Gasteiger partial charge is 0.295 e. The van der Waals surface area contributed by atoms with Crippen molar-refractivity contribution in [1.29, 1.82) is 0 Å². The number of amides is 1. The van der Waals surface area contributed by atoms with Crippen LogP contribution < -0.4 is 16.6 Å². The van der Waals surface area contributed by atoms with Gasteiger partial charge in [0.25, 0.3) is 5.69 Å². The van der Waals surface area contributed by atoms with Gasteiger partial charge in [0.05, 0.1) is 15.6 Å². The van der Waals surface area contributed by atoms with Crippen LogP contribution >= 0.6 is 11.6 Å². The van der Waals surface area contributed by atoms with E-state index in [-0.39, 0.29) is 28.0 Å². The molecule has 1 aromatic carbocycles. The summed E-state index contributed by atoms with van der Waals surface area (Å²) in [5, 5.41) is 13.1.